The highest BCUT2D eigenvalue weighted by Crippen LogP contribution is 2.27. The van der Waals surface area contributed by atoms with Gasteiger partial charge in [0.2, 0.25) is 0 Å². The highest BCUT2D eigenvalue weighted by atomic mass is 35.5. The standard InChI is InChI=1S/C18H15ClN2O2/c1-11-5-7-13(19)9-17(11)21-18(23)20-16-4-2-3-12-6-8-14(22)10-15(12)16/h2-10,22H,1H3,(H2,20,21,23). The van der Waals surface area contributed by atoms with Crippen LogP contribution in [0, 0.1) is 6.92 Å². The fourth-order valence-corrected chi connectivity index (χ4v) is 2.55. The van der Waals surface area contributed by atoms with Crippen molar-refractivity contribution in [3.63, 3.8) is 0 Å². The first-order valence-corrected chi connectivity index (χ1v) is 7.46. The lowest BCUT2D eigenvalue weighted by molar-refractivity contribution is 0.262. The summed E-state index contributed by atoms with van der Waals surface area (Å²) in [6.45, 7) is 1.89. The van der Waals surface area contributed by atoms with Crippen molar-refractivity contribution < 1.29 is 9.90 Å². The monoisotopic (exact) mass is 326 g/mol. The van der Waals surface area contributed by atoms with Gasteiger partial charge in [-0.05, 0) is 48.2 Å². The molecule has 0 heterocycles. The topological polar surface area (TPSA) is 61.4 Å². The number of phenolic OH excluding ortho intramolecular Hbond substituents is 1. The van der Waals surface area contributed by atoms with Gasteiger partial charge < -0.3 is 15.7 Å². The molecule has 3 rings (SSSR count). The number of carbonyl (C=O) groups excluding carboxylic acids is 1. The number of rotatable bonds is 2. The van der Waals surface area contributed by atoms with Crippen LogP contribution in [-0.4, -0.2) is 11.1 Å². The summed E-state index contributed by atoms with van der Waals surface area (Å²) in [7, 11) is 0. The first-order valence-electron chi connectivity index (χ1n) is 7.09. The fourth-order valence-electron chi connectivity index (χ4n) is 2.37. The molecule has 0 radical (unpaired) electrons. The van der Waals surface area contributed by atoms with E-state index in [9.17, 15) is 9.90 Å². The highest BCUT2D eigenvalue weighted by Gasteiger charge is 2.08. The third kappa shape index (κ3) is 3.38. The number of urea groups is 1. The van der Waals surface area contributed by atoms with E-state index in [-0.39, 0.29) is 11.8 Å². The van der Waals surface area contributed by atoms with Gasteiger partial charge in [0.05, 0.1) is 5.69 Å². The van der Waals surface area contributed by atoms with E-state index in [0.29, 0.717) is 16.4 Å². The molecule has 4 nitrogen and oxygen atoms in total. The van der Waals surface area contributed by atoms with Crippen LogP contribution in [0.5, 0.6) is 5.75 Å². The third-order valence-corrected chi connectivity index (χ3v) is 3.80. The van der Waals surface area contributed by atoms with Gasteiger partial charge in [-0.2, -0.15) is 0 Å². The Balaban J connectivity index is 1.86. The molecule has 0 unspecified atom stereocenters. The number of halogens is 1. The van der Waals surface area contributed by atoms with Crippen LogP contribution in [0.1, 0.15) is 5.56 Å². The molecule has 0 atom stereocenters. The number of carbonyl (C=O) groups is 1. The summed E-state index contributed by atoms with van der Waals surface area (Å²) in [5.74, 6) is 0.151. The molecule has 0 aliphatic heterocycles. The maximum atomic E-state index is 12.2. The Hall–Kier alpha value is -2.72. The van der Waals surface area contributed by atoms with E-state index in [1.165, 1.54) is 0 Å². The molecule has 0 bridgehead atoms. The third-order valence-electron chi connectivity index (χ3n) is 3.56. The number of hydrogen-bond acceptors (Lipinski definition) is 2. The summed E-state index contributed by atoms with van der Waals surface area (Å²) >= 11 is 5.96. The Labute approximate surface area is 138 Å². The van der Waals surface area contributed by atoms with Crippen LogP contribution in [-0.2, 0) is 0 Å². The van der Waals surface area contributed by atoms with Crippen molar-refractivity contribution in [2.75, 3.05) is 10.6 Å². The second kappa shape index (κ2) is 6.18. The summed E-state index contributed by atoms with van der Waals surface area (Å²) in [5, 5.41) is 17.5. The van der Waals surface area contributed by atoms with Crippen LogP contribution in [0.3, 0.4) is 0 Å². The van der Waals surface area contributed by atoms with Gasteiger partial charge >= 0.3 is 6.03 Å². The number of hydrogen-bond donors (Lipinski definition) is 3. The molecule has 0 spiro atoms. The lowest BCUT2D eigenvalue weighted by Crippen LogP contribution is -2.20. The lowest BCUT2D eigenvalue weighted by atomic mass is 10.1. The fraction of sp³-hybridized carbons (Fsp3) is 0.0556. The van der Waals surface area contributed by atoms with Gasteiger partial charge in [-0.1, -0.05) is 35.9 Å². The van der Waals surface area contributed by atoms with Crippen LogP contribution in [0.25, 0.3) is 10.8 Å². The van der Waals surface area contributed by atoms with Gasteiger partial charge in [0.1, 0.15) is 5.75 Å². The average molecular weight is 327 g/mol. The molecular weight excluding hydrogens is 312 g/mol. The van der Waals surface area contributed by atoms with Crippen molar-refractivity contribution in [3.05, 3.63) is 65.2 Å². The van der Waals surface area contributed by atoms with E-state index in [2.05, 4.69) is 10.6 Å². The Morgan fingerprint density at radius 1 is 1.00 bits per heavy atom. The van der Waals surface area contributed by atoms with Crippen LogP contribution in [0.4, 0.5) is 16.2 Å². The van der Waals surface area contributed by atoms with Gasteiger partial charge in [-0.15, -0.1) is 0 Å². The summed E-state index contributed by atoms with van der Waals surface area (Å²) in [6.07, 6.45) is 0. The van der Waals surface area contributed by atoms with Gasteiger partial charge in [0.15, 0.2) is 0 Å². The van der Waals surface area contributed by atoms with E-state index in [1.807, 2.05) is 25.1 Å². The molecule has 3 aromatic rings. The largest absolute Gasteiger partial charge is 0.508 e. The average Bonchev–Trinajstić information content (AvgIpc) is 2.51. The van der Waals surface area contributed by atoms with Crippen LogP contribution in [0.2, 0.25) is 5.02 Å². The predicted octanol–water partition coefficient (Wildman–Crippen LogP) is 5.15. The molecule has 0 aromatic heterocycles. The summed E-state index contributed by atoms with van der Waals surface area (Å²) < 4.78 is 0. The molecule has 3 N–H and O–H groups in total. The van der Waals surface area contributed by atoms with E-state index in [1.54, 1.807) is 36.4 Å². The van der Waals surface area contributed by atoms with Crippen molar-refractivity contribution in [2.45, 2.75) is 6.92 Å². The lowest BCUT2D eigenvalue weighted by Gasteiger charge is -2.12. The SMILES string of the molecule is Cc1ccc(Cl)cc1NC(=O)Nc1cccc2ccc(O)cc12. The molecule has 0 fully saturated rings. The Morgan fingerprint density at radius 3 is 2.61 bits per heavy atom. The molecule has 0 saturated heterocycles. The van der Waals surface area contributed by atoms with Crippen molar-refractivity contribution in [2.24, 2.45) is 0 Å². The maximum Gasteiger partial charge on any atom is 0.323 e. The van der Waals surface area contributed by atoms with E-state index >= 15 is 0 Å². The number of aryl methyl sites for hydroxylation is 1. The van der Waals surface area contributed by atoms with Crippen LogP contribution >= 0.6 is 11.6 Å². The Morgan fingerprint density at radius 2 is 1.78 bits per heavy atom. The smallest absolute Gasteiger partial charge is 0.323 e. The minimum atomic E-state index is -0.369. The Bertz CT molecular complexity index is 893. The van der Waals surface area contributed by atoms with Crippen LogP contribution in [0.15, 0.2) is 54.6 Å². The first kappa shape index (κ1) is 15.2. The first-order chi connectivity index (χ1) is 11.0. The summed E-state index contributed by atoms with van der Waals surface area (Å²) in [4.78, 5) is 12.2. The van der Waals surface area contributed by atoms with Crippen LogP contribution < -0.4 is 10.6 Å². The van der Waals surface area contributed by atoms with Crippen molar-refractivity contribution in [1.29, 1.82) is 0 Å². The number of fused-ring (bicyclic) bond motifs is 1. The second-order valence-electron chi connectivity index (χ2n) is 5.25. The second-order valence-corrected chi connectivity index (χ2v) is 5.69. The van der Waals surface area contributed by atoms with Gasteiger partial charge in [0, 0.05) is 16.1 Å². The highest BCUT2D eigenvalue weighted by molar-refractivity contribution is 6.31. The summed E-state index contributed by atoms with van der Waals surface area (Å²) in [5.41, 5.74) is 2.19. The van der Waals surface area contributed by atoms with Crippen molar-refractivity contribution in [1.82, 2.24) is 0 Å². The molecule has 116 valence electrons. The molecule has 0 aliphatic rings. The Kier molecular flexibility index (Phi) is 4.08. The predicted molar refractivity (Wildman–Crippen MR) is 94.4 cm³/mol. The zero-order chi connectivity index (χ0) is 16.4. The van der Waals surface area contributed by atoms with Gasteiger partial charge in [-0.3, -0.25) is 0 Å². The maximum absolute atomic E-state index is 12.2. The van der Waals surface area contributed by atoms with E-state index < -0.39 is 0 Å². The molecule has 5 heteroatoms. The number of nitrogens with one attached hydrogen (secondary N) is 2. The molecule has 0 saturated carbocycles. The van der Waals surface area contributed by atoms with E-state index in [4.69, 9.17) is 11.6 Å². The van der Waals surface area contributed by atoms with Gasteiger partial charge in [0.25, 0.3) is 0 Å². The normalized spacial score (nSPS) is 10.5. The van der Waals surface area contributed by atoms with Crippen molar-refractivity contribution >= 4 is 39.8 Å². The van der Waals surface area contributed by atoms with Crippen molar-refractivity contribution in [3.8, 4) is 5.75 Å². The number of benzene rings is 3. The summed E-state index contributed by atoms with van der Waals surface area (Å²) in [6, 6.07) is 15.5. The quantitative estimate of drug-likeness (QED) is 0.609. The number of phenols is 1. The zero-order valence-electron chi connectivity index (χ0n) is 12.4. The van der Waals surface area contributed by atoms with E-state index in [0.717, 1.165) is 16.3 Å². The number of amides is 2. The minimum Gasteiger partial charge on any atom is -0.508 e. The van der Waals surface area contributed by atoms with Gasteiger partial charge in [-0.25, -0.2) is 4.79 Å². The molecule has 0 aliphatic carbocycles. The molecule has 3 aromatic carbocycles. The zero-order valence-corrected chi connectivity index (χ0v) is 13.2. The number of aromatic hydroxyl groups is 1. The molecule has 23 heavy (non-hydrogen) atoms. The minimum absolute atomic E-state index is 0.151. The molecular formula is C18H15ClN2O2. The number of anilines is 2. The molecule has 2 amide bonds.